The van der Waals surface area contributed by atoms with Crippen LogP contribution in [0.3, 0.4) is 0 Å². The molecule has 1 heterocycles. The van der Waals surface area contributed by atoms with E-state index in [2.05, 4.69) is 0 Å². The van der Waals surface area contributed by atoms with Crippen molar-refractivity contribution in [2.45, 2.75) is 27.7 Å². The Bertz CT molecular complexity index is 656. The summed E-state index contributed by atoms with van der Waals surface area (Å²) in [5.41, 5.74) is 0.927. The number of carbonyl (C=O) groups excluding carboxylic acids is 2. The van der Waals surface area contributed by atoms with Gasteiger partial charge in [0.2, 0.25) is 5.91 Å². The zero-order valence-corrected chi connectivity index (χ0v) is 16.0. The zero-order valence-electron chi connectivity index (χ0n) is 16.0. The summed E-state index contributed by atoms with van der Waals surface area (Å²) in [5, 5.41) is 0. The van der Waals surface area contributed by atoms with Gasteiger partial charge in [0.15, 0.2) is 0 Å². The van der Waals surface area contributed by atoms with Crippen molar-refractivity contribution in [3.8, 4) is 11.5 Å². The number of piperazine rings is 1. The average molecular weight is 348 g/mol. The fraction of sp³-hybridized carbons (Fsp3) is 0.579. The van der Waals surface area contributed by atoms with E-state index in [1.807, 2.05) is 32.6 Å². The lowest BCUT2D eigenvalue weighted by Gasteiger charge is -2.37. The second-order valence-electron chi connectivity index (χ2n) is 7.31. The SMILES string of the molecule is COc1ccc(C(=O)N2CCN(C(=O)C(C)(C)C)CC2)c(OC)c1C. The average Bonchev–Trinajstić information content (AvgIpc) is 2.59. The first-order valence-corrected chi connectivity index (χ1v) is 8.51. The van der Waals surface area contributed by atoms with E-state index in [0.29, 0.717) is 43.2 Å². The van der Waals surface area contributed by atoms with E-state index in [1.54, 1.807) is 31.3 Å². The van der Waals surface area contributed by atoms with Gasteiger partial charge in [-0.3, -0.25) is 9.59 Å². The predicted octanol–water partition coefficient (Wildman–Crippen LogP) is 2.34. The molecule has 1 saturated heterocycles. The van der Waals surface area contributed by atoms with E-state index in [-0.39, 0.29) is 11.8 Å². The fourth-order valence-electron chi connectivity index (χ4n) is 3.08. The zero-order chi connectivity index (χ0) is 18.8. The van der Waals surface area contributed by atoms with E-state index < -0.39 is 5.41 Å². The Morgan fingerprint density at radius 2 is 1.52 bits per heavy atom. The molecular formula is C19H28N2O4. The van der Waals surface area contributed by atoms with Gasteiger partial charge in [0.1, 0.15) is 11.5 Å². The predicted molar refractivity (Wildman–Crippen MR) is 96.2 cm³/mol. The van der Waals surface area contributed by atoms with Crippen LogP contribution in [0.4, 0.5) is 0 Å². The highest BCUT2D eigenvalue weighted by molar-refractivity contribution is 5.98. The third kappa shape index (κ3) is 3.89. The van der Waals surface area contributed by atoms with Crippen molar-refractivity contribution in [3.63, 3.8) is 0 Å². The summed E-state index contributed by atoms with van der Waals surface area (Å²) in [6.07, 6.45) is 0. The number of methoxy groups -OCH3 is 2. The largest absolute Gasteiger partial charge is 0.496 e. The third-order valence-corrected chi connectivity index (χ3v) is 4.51. The first-order chi connectivity index (χ1) is 11.7. The van der Waals surface area contributed by atoms with Gasteiger partial charge in [0.25, 0.3) is 5.91 Å². The molecule has 2 amide bonds. The second kappa shape index (κ2) is 7.33. The van der Waals surface area contributed by atoms with Crippen LogP contribution >= 0.6 is 0 Å². The minimum Gasteiger partial charge on any atom is -0.496 e. The maximum absolute atomic E-state index is 12.9. The molecule has 1 aromatic carbocycles. The Morgan fingerprint density at radius 3 is 2.00 bits per heavy atom. The molecule has 0 N–H and O–H groups in total. The van der Waals surface area contributed by atoms with Crippen molar-refractivity contribution in [2.24, 2.45) is 5.41 Å². The molecule has 0 unspecified atom stereocenters. The van der Waals surface area contributed by atoms with Crippen LogP contribution in [0.15, 0.2) is 12.1 Å². The van der Waals surface area contributed by atoms with Crippen molar-refractivity contribution in [3.05, 3.63) is 23.3 Å². The Hall–Kier alpha value is -2.24. The number of hydrogen-bond donors (Lipinski definition) is 0. The van der Waals surface area contributed by atoms with Crippen LogP contribution in [-0.2, 0) is 4.79 Å². The summed E-state index contributed by atoms with van der Waals surface area (Å²) in [7, 11) is 3.15. The number of amides is 2. The number of rotatable bonds is 3. The minimum absolute atomic E-state index is 0.0783. The molecule has 1 aliphatic heterocycles. The first-order valence-electron chi connectivity index (χ1n) is 8.51. The van der Waals surface area contributed by atoms with Gasteiger partial charge in [-0.1, -0.05) is 20.8 Å². The molecule has 1 aliphatic rings. The number of benzene rings is 1. The van der Waals surface area contributed by atoms with Crippen LogP contribution < -0.4 is 9.47 Å². The molecule has 0 bridgehead atoms. The Labute approximate surface area is 149 Å². The first kappa shape index (κ1) is 19.1. The maximum atomic E-state index is 12.9. The van der Waals surface area contributed by atoms with E-state index >= 15 is 0 Å². The minimum atomic E-state index is -0.400. The van der Waals surface area contributed by atoms with Gasteiger partial charge >= 0.3 is 0 Å². The summed E-state index contributed by atoms with van der Waals surface area (Å²) in [5.74, 6) is 1.27. The van der Waals surface area contributed by atoms with Crippen LogP contribution in [0.1, 0.15) is 36.7 Å². The van der Waals surface area contributed by atoms with Gasteiger partial charge in [0, 0.05) is 37.2 Å². The molecule has 0 spiro atoms. The van der Waals surface area contributed by atoms with Crippen LogP contribution in [0.2, 0.25) is 0 Å². The maximum Gasteiger partial charge on any atom is 0.257 e. The van der Waals surface area contributed by atoms with Crippen molar-refractivity contribution >= 4 is 11.8 Å². The molecule has 25 heavy (non-hydrogen) atoms. The standard InChI is InChI=1S/C19H28N2O4/c1-13-15(24-5)8-7-14(16(13)25-6)17(22)20-9-11-21(12-10-20)18(23)19(2,3)4/h7-8H,9-12H2,1-6H3. The Balaban J connectivity index is 2.13. The van der Waals surface area contributed by atoms with Crippen molar-refractivity contribution in [1.82, 2.24) is 9.80 Å². The van der Waals surface area contributed by atoms with Gasteiger partial charge in [0.05, 0.1) is 19.8 Å². The van der Waals surface area contributed by atoms with Crippen LogP contribution in [0, 0.1) is 12.3 Å². The van der Waals surface area contributed by atoms with E-state index in [0.717, 1.165) is 5.56 Å². The molecule has 2 rings (SSSR count). The summed E-state index contributed by atoms with van der Waals surface area (Å²) in [4.78, 5) is 28.9. The fourth-order valence-corrected chi connectivity index (χ4v) is 3.08. The van der Waals surface area contributed by atoms with Crippen LogP contribution in [-0.4, -0.2) is 62.0 Å². The monoisotopic (exact) mass is 348 g/mol. The van der Waals surface area contributed by atoms with Gasteiger partial charge in [-0.25, -0.2) is 0 Å². The normalized spacial score (nSPS) is 15.1. The van der Waals surface area contributed by atoms with Gasteiger partial charge in [-0.05, 0) is 19.1 Å². The van der Waals surface area contributed by atoms with Gasteiger partial charge in [-0.2, -0.15) is 0 Å². The number of carbonyl (C=O) groups is 2. The molecule has 0 atom stereocenters. The Morgan fingerprint density at radius 1 is 0.960 bits per heavy atom. The number of nitrogens with zero attached hydrogens (tertiary/aromatic N) is 2. The smallest absolute Gasteiger partial charge is 0.257 e. The van der Waals surface area contributed by atoms with Gasteiger partial charge in [-0.15, -0.1) is 0 Å². The lowest BCUT2D eigenvalue weighted by molar-refractivity contribution is -0.140. The Kier molecular flexibility index (Phi) is 5.60. The molecule has 0 radical (unpaired) electrons. The van der Waals surface area contributed by atoms with Gasteiger partial charge < -0.3 is 19.3 Å². The molecule has 6 heteroatoms. The molecular weight excluding hydrogens is 320 g/mol. The van der Waals surface area contributed by atoms with Crippen molar-refractivity contribution < 1.29 is 19.1 Å². The second-order valence-corrected chi connectivity index (χ2v) is 7.31. The number of ether oxygens (including phenoxy) is 2. The third-order valence-electron chi connectivity index (χ3n) is 4.51. The summed E-state index contributed by atoms with van der Waals surface area (Å²) >= 11 is 0. The molecule has 6 nitrogen and oxygen atoms in total. The topological polar surface area (TPSA) is 59.1 Å². The molecule has 138 valence electrons. The van der Waals surface area contributed by atoms with Crippen LogP contribution in [0.25, 0.3) is 0 Å². The molecule has 0 saturated carbocycles. The highest BCUT2D eigenvalue weighted by atomic mass is 16.5. The molecule has 0 aliphatic carbocycles. The summed E-state index contributed by atoms with van der Waals surface area (Å²) < 4.78 is 10.7. The van der Waals surface area contributed by atoms with E-state index in [4.69, 9.17) is 9.47 Å². The van der Waals surface area contributed by atoms with E-state index in [1.165, 1.54) is 0 Å². The lowest BCUT2D eigenvalue weighted by Crippen LogP contribution is -2.53. The number of hydrogen-bond acceptors (Lipinski definition) is 4. The highest BCUT2D eigenvalue weighted by Crippen LogP contribution is 2.32. The van der Waals surface area contributed by atoms with Crippen molar-refractivity contribution in [1.29, 1.82) is 0 Å². The highest BCUT2D eigenvalue weighted by Gasteiger charge is 2.32. The van der Waals surface area contributed by atoms with E-state index in [9.17, 15) is 9.59 Å². The molecule has 0 aromatic heterocycles. The summed E-state index contributed by atoms with van der Waals surface area (Å²) in [6.45, 7) is 9.77. The van der Waals surface area contributed by atoms with Crippen molar-refractivity contribution in [2.75, 3.05) is 40.4 Å². The van der Waals surface area contributed by atoms with Crippen LogP contribution in [0.5, 0.6) is 11.5 Å². The quantitative estimate of drug-likeness (QED) is 0.841. The molecule has 1 fully saturated rings. The molecule has 1 aromatic rings. The lowest BCUT2D eigenvalue weighted by atomic mass is 9.94. The summed E-state index contributed by atoms with van der Waals surface area (Å²) in [6, 6.07) is 3.52.